The van der Waals surface area contributed by atoms with Crippen LogP contribution in [0.25, 0.3) is 0 Å². The fraction of sp³-hybridized carbons (Fsp3) is 0.750. The van der Waals surface area contributed by atoms with Crippen LogP contribution in [-0.4, -0.2) is 54.1 Å². The van der Waals surface area contributed by atoms with Gasteiger partial charge in [0, 0.05) is 38.4 Å². The van der Waals surface area contributed by atoms with Crippen LogP contribution in [0.15, 0.2) is 22.1 Å². The van der Waals surface area contributed by atoms with E-state index in [-0.39, 0.29) is 16.9 Å². The van der Waals surface area contributed by atoms with E-state index in [0.29, 0.717) is 25.3 Å². The molecular formula is C16H26N4O4Si. The van der Waals surface area contributed by atoms with Gasteiger partial charge >= 0.3 is 0 Å². The minimum Gasteiger partial charge on any atom is -0.442 e. The predicted molar refractivity (Wildman–Crippen MR) is 95.8 cm³/mol. The van der Waals surface area contributed by atoms with E-state index < -0.39 is 14.1 Å². The number of aromatic nitrogens is 1. The Hall–Kier alpha value is -1.74. The van der Waals surface area contributed by atoms with Gasteiger partial charge in [-0.05, 0) is 12.5 Å². The highest BCUT2D eigenvalue weighted by Gasteiger charge is 2.46. The van der Waals surface area contributed by atoms with Gasteiger partial charge in [0.1, 0.15) is 12.4 Å². The first-order valence-electron chi connectivity index (χ1n) is 8.80. The van der Waals surface area contributed by atoms with Crippen LogP contribution in [-0.2, 0) is 4.74 Å². The van der Waals surface area contributed by atoms with Crippen LogP contribution in [0.4, 0.5) is 0 Å². The summed E-state index contributed by atoms with van der Waals surface area (Å²) in [5.74, 6) is 0.598. The van der Waals surface area contributed by atoms with E-state index >= 15 is 0 Å². The number of nitro groups is 1. The molecule has 0 bridgehead atoms. The van der Waals surface area contributed by atoms with E-state index in [4.69, 9.17) is 9.15 Å². The van der Waals surface area contributed by atoms with Gasteiger partial charge in [0.05, 0.1) is 12.2 Å². The molecule has 0 N–H and O–H groups in total. The molecule has 3 rings (SSSR count). The lowest BCUT2D eigenvalue weighted by Crippen LogP contribution is -2.42. The van der Waals surface area contributed by atoms with Crippen LogP contribution in [0.3, 0.4) is 0 Å². The molecule has 1 aromatic rings. The molecule has 3 unspecified atom stereocenters. The molecule has 25 heavy (non-hydrogen) atoms. The van der Waals surface area contributed by atoms with Gasteiger partial charge in [-0.2, -0.15) is 5.10 Å². The maximum atomic E-state index is 11.2. The SMILES string of the molecule is C[Si](C)(C)CCOCN1N=C(c2cnco2)C2CC([N+](=O)[O-])CCC21. The van der Waals surface area contributed by atoms with Gasteiger partial charge in [-0.25, -0.2) is 4.98 Å². The largest absolute Gasteiger partial charge is 0.442 e. The average molecular weight is 366 g/mol. The third kappa shape index (κ3) is 4.27. The van der Waals surface area contributed by atoms with Gasteiger partial charge in [-0.3, -0.25) is 15.1 Å². The Morgan fingerprint density at radius 3 is 2.88 bits per heavy atom. The lowest BCUT2D eigenvalue weighted by atomic mass is 9.79. The second kappa shape index (κ2) is 7.25. The highest BCUT2D eigenvalue weighted by Crippen LogP contribution is 2.37. The van der Waals surface area contributed by atoms with E-state index in [9.17, 15) is 10.1 Å². The van der Waals surface area contributed by atoms with Crippen molar-refractivity contribution in [3.05, 3.63) is 28.5 Å². The fourth-order valence-corrected chi connectivity index (χ4v) is 4.25. The van der Waals surface area contributed by atoms with Crippen molar-refractivity contribution >= 4 is 13.8 Å². The van der Waals surface area contributed by atoms with Crippen molar-refractivity contribution in [2.24, 2.45) is 11.0 Å². The first kappa shape index (κ1) is 18.1. The van der Waals surface area contributed by atoms with Gasteiger partial charge < -0.3 is 9.15 Å². The van der Waals surface area contributed by atoms with Gasteiger partial charge in [0.2, 0.25) is 6.04 Å². The summed E-state index contributed by atoms with van der Waals surface area (Å²) in [6.07, 6.45) is 4.81. The fourth-order valence-electron chi connectivity index (χ4n) is 3.50. The van der Waals surface area contributed by atoms with Gasteiger partial charge in [-0.1, -0.05) is 19.6 Å². The third-order valence-corrected chi connectivity index (χ3v) is 6.66. The summed E-state index contributed by atoms with van der Waals surface area (Å²) < 4.78 is 11.3. The summed E-state index contributed by atoms with van der Waals surface area (Å²) in [6.45, 7) is 8.12. The van der Waals surface area contributed by atoms with Crippen molar-refractivity contribution < 1.29 is 14.1 Å². The Bertz CT molecular complexity index is 629. The zero-order valence-corrected chi connectivity index (χ0v) is 16.1. The summed E-state index contributed by atoms with van der Waals surface area (Å²) >= 11 is 0. The highest BCUT2D eigenvalue weighted by atomic mass is 28.3. The van der Waals surface area contributed by atoms with Gasteiger partial charge in [0.25, 0.3) is 0 Å². The second-order valence-corrected chi connectivity index (χ2v) is 13.7. The number of oxazole rings is 1. The smallest absolute Gasteiger partial charge is 0.214 e. The maximum absolute atomic E-state index is 11.2. The number of nitrogens with zero attached hydrogens (tertiary/aromatic N) is 4. The summed E-state index contributed by atoms with van der Waals surface area (Å²) in [7, 11) is -1.12. The lowest BCUT2D eigenvalue weighted by molar-refractivity contribution is -0.527. The van der Waals surface area contributed by atoms with Crippen LogP contribution < -0.4 is 0 Å². The molecule has 138 valence electrons. The van der Waals surface area contributed by atoms with E-state index in [1.807, 2.05) is 5.01 Å². The standard InChI is InChI=1S/C16H26N4O4Si/c1-25(2,3)7-6-23-11-19-14-5-4-12(20(21)22)8-13(14)16(18-19)15-9-17-10-24-15/h9-10,12-14H,4-8,11H2,1-3H3. The van der Waals surface area contributed by atoms with Crippen molar-refractivity contribution in [2.75, 3.05) is 13.3 Å². The Labute approximate surface area is 148 Å². The lowest BCUT2D eigenvalue weighted by Gasteiger charge is -2.32. The molecule has 1 aliphatic heterocycles. The van der Waals surface area contributed by atoms with E-state index in [2.05, 4.69) is 29.7 Å². The predicted octanol–water partition coefficient (Wildman–Crippen LogP) is 2.82. The number of hydrazone groups is 1. The molecule has 2 aliphatic rings. The molecule has 8 nitrogen and oxygen atoms in total. The molecule has 0 spiro atoms. The number of ether oxygens (including phenoxy) is 1. The van der Waals surface area contributed by atoms with Crippen LogP contribution >= 0.6 is 0 Å². The Morgan fingerprint density at radius 2 is 2.24 bits per heavy atom. The molecule has 1 fully saturated rings. The zero-order chi connectivity index (χ0) is 18.0. The summed E-state index contributed by atoms with van der Waals surface area (Å²) in [4.78, 5) is 15.0. The summed E-state index contributed by atoms with van der Waals surface area (Å²) in [6, 6.07) is 0.738. The number of hydrogen-bond acceptors (Lipinski definition) is 7. The quantitative estimate of drug-likeness (QED) is 0.319. The second-order valence-electron chi connectivity index (χ2n) is 8.06. The highest BCUT2D eigenvalue weighted by molar-refractivity contribution is 6.76. The summed E-state index contributed by atoms with van der Waals surface area (Å²) in [5.41, 5.74) is 0.767. The van der Waals surface area contributed by atoms with Crippen molar-refractivity contribution in [1.82, 2.24) is 9.99 Å². The molecule has 0 aromatic carbocycles. The van der Waals surface area contributed by atoms with Crippen molar-refractivity contribution in [3.8, 4) is 0 Å². The van der Waals surface area contributed by atoms with E-state index in [0.717, 1.165) is 24.8 Å². The first-order valence-corrected chi connectivity index (χ1v) is 12.5. The monoisotopic (exact) mass is 366 g/mol. The van der Waals surface area contributed by atoms with Gasteiger partial charge in [0.15, 0.2) is 12.2 Å². The maximum Gasteiger partial charge on any atom is 0.214 e. The molecular weight excluding hydrogens is 340 g/mol. The van der Waals surface area contributed by atoms with Crippen molar-refractivity contribution in [3.63, 3.8) is 0 Å². The molecule has 9 heteroatoms. The zero-order valence-electron chi connectivity index (χ0n) is 15.1. The molecule has 0 radical (unpaired) electrons. The first-order chi connectivity index (χ1) is 11.8. The molecule has 1 saturated carbocycles. The Morgan fingerprint density at radius 1 is 1.44 bits per heavy atom. The minimum atomic E-state index is -1.12. The van der Waals surface area contributed by atoms with Crippen LogP contribution in [0, 0.1) is 16.0 Å². The molecule has 0 saturated heterocycles. The third-order valence-electron chi connectivity index (χ3n) is 4.96. The van der Waals surface area contributed by atoms with Gasteiger partial charge in [-0.15, -0.1) is 0 Å². The normalized spacial score (nSPS) is 26.4. The van der Waals surface area contributed by atoms with E-state index in [1.54, 1.807) is 6.20 Å². The Balaban J connectivity index is 1.68. The van der Waals surface area contributed by atoms with Crippen LogP contribution in [0.2, 0.25) is 25.7 Å². The number of fused-ring (bicyclic) bond motifs is 1. The van der Waals surface area contributed by atoms with E-state index in [1.165, 1.54) is 6.39 Å². The topological polar surface area (TPSA) is 94.0 Å². The molecule has 3 atom stereocenters. The number of hydrogen-bond donors (Lipinski definition) is 0. The summed E-state index contributed by atoms with van der Waals surface area (Å²) in [5, 5.41) is 17.8. The molecule has 2 heterocycles. The van der Waals surface area contributed by atoms with Crippen molar-refractivity contribution in [1.29, 1.82) is 0 Å². The molecule has 1 aliphatic carbocycles. The van der Waals surface area contributed by atoms with Crippen LogP contribution in [0.5, 0.6) is 0 Å². The van der Waals surface area contributed by atoms with Crippen LogP contribution in [0.1, 0.15) is 25.0 Å². The number of rotatable bonds is 7. The van der Waals surface area contributed by atoms with Crippen molar-refractivity contribution in [2.45, 2.75) is 57.0 Å². The average Bonchev–Trinajstić information content (AvgIpc) is 3.17. The molecule has 1 aromatic heterocycles. The minimum absolute atomic E-state index is 0.00214. The Kier molecular flexibility index (Phi) is 5.23. The molecule has 0 amide bonds.